The summed E-state index contributed by atoms with van der Waals surface area (Å²) in [4.78, 5) is 12.7. The maximum atomic E-state index is 14.4. The lowest BCUT2D eigenvalue weighted by atomic mass is 10.1. The summed E-state index contributed by atoms with van der Waals surface area (Å²) in [5.74, 6) is 0.130. The number of rotatable bonds is 3. The number of para-hydroxylation sites is 1. The summed E-state index contributed by atoms with van der Waals surface area (Å²) in [5, 5.41) is 4.16. The van der Waals surface area contributed by atoms with Gasteiger partial charge in [-0.1, -0.05) is 40.2 Å². The number of pyridine rings is 1. The lowest BCUT2D eigenvalue weighted by Crippen LogP contribution is -2.03. The smallest absolute Gasteiger partial charge is 0.221 e. The normalized spacial score (nSPS) is 10.8. The van der Waals surface area contributed by atoms with Crippen LogP contribution in [0.25, 0.3) is 22.0 Å². The van der Waals surface area contributed by atoms with Crippen LogP contribution in [-0.2, 0) is 0 Å². The van der Waals surface area contributed by atoms with E-state index in [-0.39, 0.29) is 11.8 Å². The summed E-state index contributed by atoms with van der Waals surface area (Å²) in [6, 6.07) is 14.5. The number of nitrogens with two attached hydrogens (primary N) is 1. The zero-order valence-electron chi connectivity index (χ0n) is 13.4. The summed E-state index contributed by atoms with van der Waals surface area (Å²) >= 11 is 3.26. The Morgan fingerprint density at radius 2 is 1.81 bits per heavy atom. The van der Waals surface area contributed by atoms with Gasteiger partial charge in [-0.2, -0.15) is 4.98 Å². The zero-order valence-corrected chi connectivity index (χ0v) is 15.0. The number of anilines is 3. The van der Waals surface area contributed by atoms with Crippen molar-refractivity contribution < 1.29 is 4.39 Å². The number of aromatic nitrogens is 3. The Balaban J connectivity index is 1.79. The summed E-state index contributed by atoms with van der Waals surface area (Å²) in [7, 11) is 0. The Morgan fingerprint density at radius 3 is 2.65 bits per heavy atom. The van der Waals surface area contributed by atoms with E-state index >= 15 is 0 Å². The largest absolute Gasteiger partial charge is 0.368 e. The molecule has 0 fully saturated rings. The Morgan fingerprint density at radius 1 is 0.962 bits per heavy atom. The van der Waals surface area contributed by atoms with E-state index in [2.05, 4.69) is 36.2 Å². The van der Waals surface area contributed by atoms with Gasteiger partial charge in [0.25, 0.3) is 0 Å². The van der Waals surface area contributed by atoms with E-state index in [1.807, 2.05) is 30.3 Å². The summed E-state index contributed by atoms with van der Waals surface area (Å²) in [6.07, 6.45) is 3.20. The fourth-order valence-corrected chi connectivity index (χ4v) is 3.01. The first-order chi connectivity index (χ1) is 12.6. The Kier molecular flexibility index (Phi) is 4.22. The van der Waals surface area contributed by atoms with Gasteiger partial charge in [0.15, 0.2) is 0 Å². The van der Waals surface area contributed by atoms with Crippen molar-refractivity contribution in [2.24, 2.45) is 0 Å². The Labute approximate surface area is 157 Å². The molecule has 0 aliphatic rings. The van der Waals surface area contributed by atoms with Crippen LogP contribution >= 0.6 is 15.9 Å². The lowest BCUT2D eigenvalue weighted by Gasteiger charge is -2.12. The van der Waals surface area contributed by atoms with E-state index in [1.54, 1.807) is 18.3 Å². The van der Waals surface area contributed by atoms with Crippen LogP contribution in [0.1, 0.15) is 0 Å². The second-order valence-corrected chi connectivity index (χ2v) is 6.57. The van der Waals surface area contributed by atoms with E-state index in [4.69, 9.17) is 5.73 Å². The Hall–Kier alpha value is -3.06. The Bertz CT molecular complexity index is 1120. The predicted molar refractivity (Wildman–Crippen MR) is 105 cm³/mol. The van der Waals surface area contributed by atoms with Crippen LogP contribution in [0, 0.1) is 5.82 Å². The van der Waals surface area contributed by atoms with E-state index < -0.39 is 0 Å². The van der Waals surface area contributed by atoms with Crippen molar-refractivity contribution in [3.63, 3.8) is 0 Å². The molecule has 7 heteroatoms. The number of halogens is 2. The van der Waals surface area contributed by atoms with Crippen LogP contribution in [0.3, 0.4) is 0 Å². The van der Waals surface area contributed by atoms with Crippen LogP contribution in [0.15, 0.2) is 65.4 Å². The fourth-order valence-electron chi connectivity index (χ4n) is 2.67. The second kappa shape index (κ2) is 6.68. The van der Waals surface area contributed by atoms with Crippen molar-refractivity contribution in [2.45, 2.75) is 0 Å². The van der Waals surface area contributed by atoms with Crippen LogP contribution < -0.4 is 11.1 Å². The summed E-state index contributed by atoms with van der Waals surface area (Å²) in [6.45, 7) is 0. The molecule has 0 aliphatic carbocycles. The monoisotopic (exact) mass is 409 g/mol. The summed E-state index contributed by atoms with van der Waals surface area (Å²) < 4.78 is 15.1. The zero-order chi connectivity index (χ0) is 18.1. The number of nitrogens with zero attached hydrogens (tertiary/aromatic N) is 3. The number of nitrogen functional groups attached to an aromatic ring is 1. The molecule has 128 valence electrons. The van der Waals surface area contributed by atoms with Crippen LogP contribution in [0.5, 0.6) is 0 Å². The maximum Gasteiger partial charge on any atom is 0.221 e. The highest BCUT2D eigenvalue weighted by atomic mass is 79.9. The van der Waals surface area contributed by atoms with Gasteiger partial charge in [-0.25, -0.2) is 9.37 Å². The molecular formula is C19H13BrFN5. The molecule has 0 amide bonds. The minimum atomic E-state index is -0.382. The highest BCUT2D eigenvalue weighted by molar-refractivity contribution is 9.10. The molecular weight excluding hydrogens is 397 g/mol. The fraction of sp³-hybridized carbons (Fsp3) is 0. The lowest BCUT2D eigenvalue weighted by molar-refractivity contribution is 0.630. The average Bonchev–Trinajstić information content (AvgIpc) is 2.63. The van der Waals surface area contributed by atoms with Crippen molar-refractivity contribution in [3.05, 3.63) is 71.2 Å². The molecule has 2 aromatic heterocycles. The molecule has 0 saturated heterocycles. The molecule has 0 atom stereocenters. The molecule has 3 N–H and O–H groups in total. The van der Waals surface area contributed by atoms with Crippen LogP contribution in [0.4, 0.5) is 21.8 Å². The van der Waals surface area contributed by atoms with Gasteiger partial charge >= 0.3 is 0 Å². The molecule has 4 aromatic rings. The number of hydrogen-bond donors (Lipinski definition) is 2. The minimum Gasteiger partial charge on any atom is -0.368 e. The molecule has 4 rings (SSSR count). The molecule has 0 unspecified atom stereocenters. The van der Waals surface area contributed by atoms with Crippen molar-refractivity contribution in [2.75, 3.05) is 11.1 Å². The molecule has 2 heterocycles. The maximum absolute atomic E-state index is 14.4. The van der Waals surface area contributed by atoms with Crippen molar-refractivity contribution >= 4 is 44.3 Å². The SMILES string of the molecule is Nc1ncc(-c2ccc(Br)cc2F)c(Nc2cnc3ccccc3c2)n1. The molecule has 0 radical (unpaired) electrons. The summed E-state index contributed by atoms with van der Waals surface area (Å²) in [5.41, 5.74) is 8.23. The van der Waals surface area contributed by atoms with Gasteiger partial charge in [-0.3, -0.25) is 4.98 Å². The van der Waals surface area contributed by atoms with E-state index in [9.17, 15) is 4.39 Å². The topological polar surface area (TPSA) is 76.7 Å². The molecule has 0 aliphatic heterocycles. The van der Waals surface area contributed by atoms with Gasteiger partial charge in [-0.05, 0) is 24.3 Å². The van der Waals surface area contributed by atoms with E-state index in [0.29, 0.717) is 21.4 Å². The van der Waals surface area contributed by atoms with E-state index in [0.717, 1.165) is 16.6 Å². The number of hydrogen-bond acceptors (Lipinski definition) is 5. The third-order valence-corrected chi connectivity index (χ3v) is 4.38. The van der Waals surface area contributed by atoms with Gasteiger partial charge in [0, 0.05) is 27.2 Å². The third-order valence-electron chi connectivity index (χ3n) is 3.88. The molecule has 2 aromatic carbocycles. The second-order valence-electron chi connectivity index (χ2n) is 5.66. The van der Waals surface area contributed by atoms with Crippen LogP contribution in [0.2, 0.25) is 0 Å². The highest BCUT2D eigenvalue weighted by Gasteiger charge is 2.13. The highest BCUT2D eigenvalue weighted by Crippen LogP contribution is 2.32. The average molecular weight is 410 g/mol. The van der Waals surface area contributed by atoms with Gasteiger partial charge in [-0.15, -0.1) is 0 Å². The van der Waals surface area contributed by atoms with Crippen molar-refractivity contribution in [3.8, 4) is 11.1 Å². The number of fused-ring (bicyclic) bond motifs is 1. The van der Waals surface area contributed by atoms with Crippen molar-refractivity contribution in [1.29, 1.82) is 0 Å². The van der Waals surface area contributed by atoms with Crippen LogP contribution in [-0.4, -0.2) is 15.0 Å². The predicted octanol–water partition coefficient (Wildman–Crippen LogP) is 4.92. The third kappa shape index (κ3) is 3.21. The van der Waals surface area contributed by atoms with Gasteiger partial charge in [0.2, 0.25) is 5.95 Å². The molecule has 0 bridgehead atoms. The van der Waals surface area contributed by atoms with Gasteiger partial charge < -0.3 is 11.1 Å². The molecule has 26 heavy (non-hydrogen) atoms. The first-order valence-electron chi connectivity index (χ1n) is 7.80. The van der Waals surface area contributed by atoms with Gasteiger partial charge in [0.05, 0.1) is 17.4 Å². The van der Waals surface area contributed by atoms with Gasteiger partial charge in [0.1, 0.15) is 11.6 Å². The molecule has 0 spiro atoms. The van der Waals surface area contributed by atoms with E-state index in [1.165, 1.54) is 12.3 Å². The first kappa shape index (κ1) is 16.4. The number of benzene rings is 2. The minimum absolute atomic E-state index is 0.0996. The quantitative estimate of drug-likeness (QED) is 0.502. The molecule has 0 saturated carbocycles. The first-order valence-corrected chi connectivity index (χ1v) is 8.59. The standard InChI is InChI=1S/C19H13BrFN5/c20-12-5-6-14(16(21)8-12)15-10-24-19(22)26-18(15)25-13-7-11-3-1-2-4-17(11)23-9-13/h1-10H,(H3,22,24,25,26). The number of nitrogens with one attached hydrogen (secondary N) is 1. The van der Waals surface area contributed by atoms with Crippen molar-refractivity contribution in [1.82, 2.24) is 15.0 Å². The molecule has 5 nitrogen and oxygen atoms in total.